The van der Waals surface area contributed by atoms with Gasteiger partial charge in [0.05, 0.1) is 18.6 Å². The van der Waals surface area contributed by atoms with Crippen molar-refractivity contribution in [1.29, 1.82) is 0 Å². The molecule has 1 N–H and O–H groups in total. The molecule has 4 unspecified atom stereocenters. The smallest absolute Gasteiger partial charge is 0.289 e. The fourth-order valence-electron chi connectivity index (χ4n) is 3.22. The van der Waals surface area contributed by atoms with Gasteiger partial charge in [0.2, 0.25) is 5.69 Å². The third-order valence-corrected chi connectivity index (χ3v) is 4.63. The average Bonchev–Trinajstić information content (AvgIpc) is 3.10. The number of ether oxygens (including phenoxy) is 1. The summed E-state index contributed by atoms with van der Waals surface area (Å²) in [6, 6.07) is 0. The van der Waals surface area contributed by atoms with E-state index in [1.54, 1.807) is 38.8 Å². The highest BCUT2D eigenvalue weighted by Crippen LogP contribution is 2.43. The van der Waals surface area contributed by atoms with Gasteiger partial charge in [-0.05, 0) is 6.92 Å². The number of aromatic nitrogens is 3. The summed E-state index contributed by atoms with van der Waals surface area (Å²) < 4.78 is 18.6. The van der Waals surface area contributed by atoms with Gasteiger partial charge in [0.1, 0.15) is 34.9 Å². The van der Waals surface area contributed by atoms with Gasteiger partial charge in [0.15, 0.2) is 6.23 Å². The zero-order chi connectivity index (χ0) is 18.9. The molecule has 3 heterocycles. The summed E-state index contributed by atoms with van der Waals surface area (Å²) in [5.41, 5.74) is -0.716. The Morgan fingerprint density at radius 2 is 2.23 bits per heavy atom. The Morgan fingerprint density at radius 3 is 2.88 bits per heavy atom. The van der Waals surface area contributed by atoms with Crippen molar-refractivity contribution in [3.63, 3.8) is 0 Å². The summed E-state index contributed by atoms with van der Waals surface area (Å²) in [6.45, 7) is 12.7. The summed E-state index contributed by atoms with van der Waals surface area (Å²) in [6.07, 6.45) is 0.831. The van der Waals surface area contributed by atoms with Gasteiger partial charge in [-0.2, -0.15) is 0 Å². The number of hydrogen-bond donors (Lipinski definition) is 1. The van der Waals surface area contributed by atoms with E-state index in [1.165, 1.54) is 13.8 Å². The van der Waals surface area contributed by atoms with E-state index in [0.29, 0.717) is 11.0 Å². The van der Waals surface area contributed by atoms with Gasteiger partial charge < -0.3 is 23.7 Å². The standard InChI is InChI=1S/C15H17B2ClN4O4/c1-15(23)11(26-17-3)9(6-24-16-2)25-14(15)22-5-8(19-4)10-12(18)20-7-21-13(10)22/h5,7,9,11,14,23H,6H2,1-3H3. The van der Waals surface area contributed by atoms with Crippen molar-refractivity contribution in [3.8, 4) is 0 Å². The molecule has 0 aliphatic carbocycles. The Kier molecular flexibility index (Phi) is 5.55. The lowest BCUT2D eigenvalue weighted by atomic mass is 9.93. The van der Waals surface area contributed by atoms with Crippen molar-refractivity contribution < 1.29 is 19.2 Å². The van der Waals surface area contributed by atoms with Gasteiger partial charge in [-0.15, -0.1) is 0 Å². The van der Waals surface area contributed by atoms with Gasteiger partial charge in [0.25, 0.3) is 15.0 Å². The number of aliphatic hydroxyl groups is 1. The minimum absolute atomic E-state index is 0.174. The summed E-state index contributed by atoms with van der Waals surface area (Å²) in [5, 5.41) is 11.8. The molecule has 26 heavy (non-hydrogen) atoms. The first-order valence-corrected chi connectivity index (χ1v) is 8.42. The molecule has 0 amide bonds. The molecule has 2 radical (unpaired) electrons. The predicted molar refractivity (Wildman–Crippen MR) is 97.4 cm³/mol. The summed E-state index contributed by atoms with van der Waals surface area (Å²) in [5.74, 6) is 0. The lowest BCUT2D eigenvalue weighted by Gasteiger charge is -2.30. The lowest BCUT2D eigenvalue weighted by molar-refractivity contribution is -0.0915. The summed E-state index contributed by atoms with van der Waals surface area (Å²) in [7, 11) is 3.05. The van der Waals surface area contributed by atoms with Crippen LogP contribution in [0.25, 0.3) is 15.9 Å². The number of hydrogen-bond acceptors (Lipinski definition) is 6. The summed E-state index contributed by atoms with van der Waals surface area (Å²) in [4.78, 5) is 11.6. The summed E-state index contributed by atoms with van der Waals surface area (Å²) >= 11 is 6.14. The van der Waals surface area contributed by atoms with E-state index in [4.69, 9.17) is 32.2 Å². The van der Waals surface area contributed by atoms with Gasteiger partial charge >= 0.3 is 0 Å². The number of nitrogens with zero attached hydrogens (tertiary/aromatic N) is 4. The van der Waals surface area contributed by atoms with Gasteiger partial charge in [-0.1, -0.05) is 25.2 Å². The molecule has 134 valence electrons. The van der Waals surface area contributed by atoms with E-state index < -0.39 is 24.0 Å². The van der Waals surface area contributed by atoms with E-state index in [1.807, 2.05) is 0 Å². The predicted octanol–water partition coefficient (Wildman–Crippen LogP) is 2.02. The minimum atomic E-state index is -1.41. The van der Waals surface area contributed by atoms with E-state index in [9.17, 15) is 5.11 Å². The van der Waals surface area contributed by atoms with Crippen LogP contribution in [-0.4, -0.2) is 59.0 Å². The minimum Gasteiger partial charge on any atom is -0.438 e. The van der Waals surface area contributed by atoms with E-state index >= 15 is 0 Å². The first-order valence-electron chi connectivity index (χ1n) is 8.04. The Morgan fingerprint density at radius 1 is 1.46 bits per heavy atom. The van der Waals surface area contributed by atoms with Crippen LogP contribution in [0.5, 0.6) is 0 Å². The maximum atomic E-state index is 11.2. The second-order valence-corrected chi connectivity index (χ2v) is 6.37. The van der Waals surface area contributed by atoms with Crippen molar-refractivity contribution in [2.45, 2.75) is 44.6 Å². The molecule has 2 aromatic heterocycles. The average molecular weight is 374 g/mol. The van der Waals surface area contributed by atoms with Crippen LogP contribution in [0.2, 0.25) is 18.8 Å². The molecule has 1 aliphatic heterocycles. The highest BCUT2D eigenvalue weighted by molar-refractivity contribution is 6.35. The normalized spacial score (nSPS) is 28.2. The van der Waals surface area contributed by atoms with E-state index in [0.717, 1.165) is 0 Å². The van der Waals surface area contributed by atoms with Crippen molar-refractivity contribution >= 4 is 43.3 Å². The molecule has 1 saturated heterocycles. The quantitative estimate of drug-likeness (QED) is 0.473. The number of fused-ring (bicyclic) bond motifs is 1. The third-order valence-electron chi connectivity index (χ3n) is 4.34. The lowest BCUT2D eigenvalue weighted by Crippen LogP contribution is -2.46. The fourth-order valence-corrected chi connectivity index (χ4v) is 3.45. The Balaban J connectivity index is 2.07. The third kappa shape index (κ3) is 3.10. The highest BCUT2D eigenvalue weighted by Gasteiger charge is 2.54. The molecule has 8 nitrogen and oxygen atoms in total. The molecular weight excluding hydrogens is 357 g/mol. The largest absolute Gasteiger partial charge is 0.438 e. The second-order valence-electron chi connectivity index (χ2n) is 6.01. The van der Waals surface area contributed by atoms with Crippen LogP contribution in [0.1, 0.15) is 13.2 Å². The van der Waals surface area contributed by atoms with Crippen LogP contribution in [-0.2, 0) is 14.0 Å². The zero-order valence-electron chi connectivity index (χ0n) is 14.6. The Labute approximate surface area is 157 Å². The van der Waals surface area contributed by atoms with Crippen LogP contribution < -0.4 is 0 Å². The van der Waals surface area contributed by atoms with E-state index in [-0.39, 0.29) is 17.4 Å². The molecule has 11 heteroatoms. The Hall–Kier alpha value is -1.63. The molecule has 4 atom stereocenters. The van der Waals surface area contributed by atoms with Crippen LogP contribution in [0.15, 0.2) is 12.5 Å². The molecule has 0 bridgehead atoms. The molecule has 1 fully saturated rings. The maximum absolute atomic E-state index is 11.2. The first kappa shape index (κ1) is 19.1. The van der Waals surface area contributed by atoms with Crippen LogP contribution >= 0.6 is 11.6 Å². The molecule has 1 aliphatic rings. The second kappa shape index (κ2) is 7.54. The fraction of sp³-hybridized carbons (Fsp3) is 0.533. The van der Waals surface area contributed by atoms with Crippen molar-refractivity contribution in [2.75, 3.05) is 6.61 Å². The SMILES string of the molecule is [C-]#[N+]c1cn(C2OC(CO[B]C)C(O[B]C)C2(C)O)c2ncnc(Cl)c12. The monoisotopic (exact) mass is 374 g/mol. The first-order chi connectivity index (χ1) is 12.5. The zero-order valence-corrected chi connectivity index (χ0v) is 15.3. The van der Waals surface area contributed by atoms with Crippen molar-refractivity contribution in [1.82, 2.24) is 14.5 Å². The van der Waals surface area contributed by atoms with Gasteiger partial charge in [0, 0.05) is 6.20 Å². The van der Waals surface area contributed by atoms with Gasteiger partial charge in [-0.25, -0.2) is 14.8 Å². The van der Waals surface area contributed by atoms with E-state index in [2.05, 4.69) is 14.8 Å². The molecule has 2 aromatic rings. The molecule has 0 saturated carbocycles. The number of halogens is 1. The van der Waals surface area contributed by atoms with Crippen LogP contribution in [0.3, 0.4) is 0 Å². The maximum Gasteiger partial charge on any atom is 0.289 e. The molecule has 0 aromatic carbocycles. The highest BCUT2D eigenvalue weighted by atomic mass is 35.5. The van der Waals surface area contributed by atoms with Crippen molar-refractivity contribution in [3.05, 3.63) is 29.1 Å². The molecule has 0 spiro atoms. The van der Waals surface area contributed by atoms with Crippen molar-refractivity contribution in [2.24, 2.45) is 0 Å². The molecular formula is C15H17B2ClN4O4. The van der Waals surface area contributed by atoms with Gasteiger partial charge in [-0.3, -0.25) is 0 Å². The molecule has 3 rings (SSSR count). The topological polar surface area (TPSA) is 83.0 Å². The Bertz CT molecular complexity index is 841. The van der Waals surface area contributed by atoms with Crippen LogP contribution in [0, 0.1) is 6.57 Å². The van der Waals surface area contributed by atoms with Crippen LogP contribution in [0.4, 0.5) is 5.69 Å². The number of rotatable bonds is 6.